The minimum atomic E-state index is -0.379. The SMILES string of the molecule is Cc1c(Cl)cccc1Nc1ncnc(NNC(=O)c2cccc(Cl)c2)c1N. The van der Waals surface area contributed by atoms with Crippen LogP contribution in [0.4, 0.5) is 23.0 Å². The van der Waals surface area contributed by atoms with Crippen LogP contribution < -0.4 is 21.9 Å². The van der Waals surface area contributed by atoms with Crippen molar-refractivity contribution in [3.8, 4) is 0 Å². The normalized spacial score (nSPS) is 10.3. The smallest absolute Gasteiger partial charge is 0.269 e. The molecular weight excluding hydrogens is 387 g/mol. The molecule has 0 fully saturated rings. The molecule has 5 N–H and O–H groups in total. The van der Waals surface area contributed by atoms with Crippen molar-refractivity contribution in [3.05, 3.63) is 70.0 Å². The maximum Gasteiger partial charge on any atom is 0.269 e. The molecule has 3 rings (SSSR count). The summed E-state index contributed by atoms with van der Waals surface area (Å²) in [7, 11) is 0. The van der Waals surface area contributed by atoms with E-state index in [1.54, 1.807) is 30.3 Å². The molecule has 3 aromatic rings. The van der Waals surface area contributed by atoms with Gasteiger partial charge in [0.05, 0.1) is 0 Å². The largest absolute Gasteiger partial charge is 0.393 e. The van der Waals surface area contributed by atoms with E-state index in [1.807, 2.05) is 19.1 Å². The number of rotatable bonds is 5. The lowest BCUT2D eigenvalue weighted by atomic mass is 10.2. The number of hydrogen-bond donors (Lipinski definition) is 4. The summed E-state index contributed by atoms with van der Waals surface area (Å²) < 4.78 is 0. The Labute approximate surface area is 165 Å². The number of aromatic nitrogens is 2. The summed E-state index contributed by atoms with van der Waals surface area (Å²) in [6.45, 7) is 1.88. The number of hydrogen-bond acceptors (Lipinski definition) is 6. The maximum atomic E-state index is 12.2. The number of carbonyl (C=O) groups is 1. The maximum absolute atomic E-state index is 12.2. The summed E-state index contributed by atoms with van der Waals surface area (Å²) in [5, 5.41) is 4.21. The van der Waals surface area contributed by atoms with E-state index in [9.17, 15) is 4.79 Å². The minimum Gasteiger partial charge on any atom is -0.393 e. The van der Waals surface area contributed by atoms with Crippen LogP contribution in [-0.4, -0.2) is 15.9 Å². The summed E-state index contributed by atoms with van der Waals surface area (Å²) in [6.07, 6.45) is 1.33. The molecule has 0 unspecified atom stereocenters. The molecule has 1 heterocycles. The quantitative estimate of drug-likeness (QED) is 0.477. The third-order valence-corrected chi connectivity index (χ3v) is 4.43. The number of nitrogen functional groups attached to an aromatic ring is 1. The van der Waals surface area contributed by atoms with Crippen molar-refractivity contribution in [2.24, 2.45) is 0 Å². The summed E-state index contributed by atoms with van der Waals surface area (Å²) >= 11 is 12.0. The van der Waals surface area contributed by atoms with Crippen molar-refractivity contribution in [2.75, 3.05) is 16.5 Å². The molecule has 0 radical (unpaired) electrons. The Morgan fingerprint density at radius 1 is 1.07 bits per heavy atom. The first-order valence-electron chi connectivity index (χ1n) is 7.90. The molecule has 1 aromatic heterocycles. The van der Waals surface area contributed by atoms with Crippen molar-refractivity contribution in [1.29, 1.82) is 0 Å². The minimum absolute atomic E-state index is 0.239. The van der Waals surface area contributed by atoms with E-state index in [0.717, 1.165) is 11.3 Å². The van der Waals surface area contributed by atoms with E-state index in [2.05, 4.69) is 26.1 Å². The zero-order valence-corrected chi connectivity index (χ0v) is 15.8. The van der Waals surface area contributed by atoms with Crippen LogP contribution in [0.5, 0.6) is 0 Å². The third-order valence-electron chi connectivity index (χ3n) is 3.79. The predicted octanol–water partition coefficient (Wildman–Crippen LogP) is 4.17. The van der Waals surface area contributed by atoms with Crippen molar-refractivity contribution in [2.45, 2.75) is 6.92 Å². The molecule has 0 atom stereocenters. The average Bonchev–Trinajstić information content (AvgIpc) is 2.65. The number of nitrogens with one attached hydrogen (secondary N) is 3. The number of nitrogens with zero attached hydrogens (tertiary/aromatic N) is 2. The Morgan fingerprint density at radius 2 is 1.81 bits per heavy atom. The lowest BCUT2D eigenvalue weighted by Crippen LogP contribution is -2.30. The Balaban J connectivity index is 1.75. The van der Waals surface area contributed by atoms with Crippen molar-refractivity contribution in [1.82, 2.24) is 15.4 Å². The van der Waals surface area contributed by atoms with Gasteiger partial charge < -0.3 is 11.1 Å². The predicted molar refractivity (Wildman–Crippen MR) is 108 cm³/mol. The van der Waals surface area contributed by atoms with Crippen molar-refractivity contribution in [3.63, 3.8) is 0 Å². The van der Waals surface area contributed by atoms with Gasteiger partial charge in [0.2, 0.25) is 0 Å². The monoisotopic (exact) mass is 402 g/mol. The van der Waals surface area contributed by atoms with E-state index in [1.165, 1.54) is 6.33 Å². The number of carbonyl (C=O) groups excluding carboxylic acids is 1. The molecule has 0 saturated carbocycles. The number of anilines is 4. The van der Waals surface area contributed by atoms with Gasteiger partial charge in [-0.05, 0) is 42.8 Å². The van der Waals surface area contributed by atoms with Gasteiger partial charge in [-0.3, -0.25) is 15.6 Å². The van der Waals surface area contributed by atoms with Crippen molar-refractivity contribution < 1.29 is 4.79 Å². The molecule has 1 amide bonds. The van der Waals surface area contributed by atoms with E-state index in [0.29, 0.717) is 21.4 Å². The van der Waals surface area contributed by atoms with E-state index >= 15 is 0 Å². The number of hydrazine groups is 1. The second-order valence-electron chi connectivity index (χ2n) is 5.61. The first-order chi connectivity index (χ1) is 13.0. The summed E-state index contributed by atoms with van der Waals surface area (Å²) in [5.74, 6) is 0.258. The average molecular weight is 403 g/mol. The van der Waals surface area contributed by atoms with Gasteiger partial charge >= 0.3 is 0 Å². The van der Waals surface area contributed by atoms with Crippen LogP contribution >= 0.6 is 23.2 Å². The lowest BCUT2D eigenvalue weighted by molar-refractivity contribution is 0.0962. The first-order valence-corrected chi connectivity index (χ1v) is 8.66. The van der Waals surface area contributed by atoms with Gasteiger partial charge in [-0.2, -0.15) is 0 Å². The number of nitrogens with two attached hydrogens (primary N) is 1. The topological polar surface area (TPSA) is 105 Å². The van der Waals surface area contributed by atoms with Gasteiger partial charge in [0.25, 0.3) is 5.91 Å². The second-order valence-corrected chi connectivity index (χ2v) is 6.46. The summed E-state index contributed by atoms with van der Waals surface area (Å²) in [6, 6.07) is 12.0. The zero-order chi connectivity index (χ0) is 19.4. The number of benzene rings is 2. The van der Waals surface area contributed by atoms with Gasteiger partial charge in [0, 0.05) is 21.3 Å². The number of amides is 1. The molecular formula is C18H16Cl2N6O. The Morgan fingerprint density at radius 3 is 2.59 bits per heavy atom. The van der Waals surface area contributed by atoms with Gasteiger partial charge in [-0.1, -0.05) is 35.3 Å². The fourth-order valence-electron chi connectivity index (χ4n) is 2.28. The first kappa shape index (κ1) is 18.8. The molecule has 27 heavy (non-hydrogen) atoms. The highest BCUT2D eigenvalue weighted by atomic mass is 35.5. The lowest BCUT2D eigenvalue weighted by Gasteiger charge is -2.14. The van der Waals surface area contributed by atoms with E-state index in [4.69, 9.17) is 28.9 Å². The Kier molecular flexibility index (Phi) is 5.63. The fourth-order valence-corrected chi connectivity index (χ4v) is 2.65. The van der Waals surface area contributed by atoms with Crippen LogP contribution in [0.1, 0.15) is 15.9 Å². The Bertz CT molecular complexity index is 995. The number of halogens is 2. The standard InChI is InChI=1S/C18H16Cl2N6O/c1-10-13(20)6-3-7-14(10)24-16-15(21)17(23-9-22-16)25-26-18(27)11-4-2-5-12(19)8-11/h2-9H,21H2,1H3,(H,26,27)(H2,22,23,24,25). The highest BCUT2D eigenvalue weighted by Crippen LogP contribution is 2.29. The highest BCUT2D eigenvalue weighted by molar-refractivity contribution is 6.31. The molecule has 138 valence electrons. The van der Waals surface area contributed by atoms with Gasteiger partial charge in [-0.15, -0.1) is 0 Å². The van der Waals surface area contributed by atoms with Crippen LogP contribution in [0.3, 0.4) is 0 Å². The van der Waals surface area contributed by atoms with E-state index < -0.39 is 0 Å². The van der Waals surface area contributed by atoms with Crippen LogP contribution in [0.2, 0.25) is 10.0 Å². The van der Waals surface area contributed by atoms with Gasteiger partial charge in [-0.25, -0.2) is 9.97 Å². The molecule has 2 aromatic carbocycles. The molecule has 0 aliphatic heterocycles. The molecule has 0 bridgehead atoms. The van der Waals surface area contributed by atoms with Crippen molar-refractivity contribution >= 4 is 52.1 Å². The summed E-state index contributed by atoms with van der Waals surface area (Å²) in [4.78, 5) is 20.4. The zero-order valence-electron chi connectivity index (χ0n) is 14.3. The molecule has 0 saturated heterocycles. The molecule has 0 aliphatic carbocycles. The van der Waals surface area contributed by atoms with Gasteiger partial charge in [0.15, 0.2) is 11.6 Å². The van der Waals surface area contributed by atoms with Gasteiger partial charge in [0.1, 0.15) is 12.0 Å². The summed E-state index contributed by atoms with van der Waals surface area (Å²) in [5.41, 5.74) is 13.6. The highest BCUT2D eigenvalue weighted by Gasteiger charge is 2.12. The second kappa shape index (κ2) is 8.11. The third kappa shape index (κ3) is 4.39. The molecule has 0 aliphatic rings. The van der Waals surface area contributed by atoms with Crippen LogP contribution in [0.15, 0.2) is 48.8 Å². The van der Waals surface area contributed by atoms with Crippen LogP contribution in [0.25, 0.3) is 0 Å². The van der Waals surface area contributed by atoms with Crippen LogP contribution in [-0.2, 0) is 0 Å². The Hall–Kier alpha value is -3.03. The molecule has 9 heteroatoms. The van der Waals surface area contributed by atoms with Crippen LogP contribution in [0, 0.1) is 6.92 Å². The molecule has 7 nitrogen and oxygen atoms in total. The fraction of sp³-hybridized carbons (Fsp3) is 0.0556. The molecule has 0 spiro atoms. The van der Waals surface area contributed by atoms with E-state index in [-0.39, 0.29) is 17.4 Å².